The van der Waals surface area contributed by atoms with Crippen molar-refractivity contribution in [1.29, 1.82) is 5.26 Å². The Labute approximate surface area is 116 Å². The SMILES string of the molecule is CC(C)(C)CS(=O)(=O)Nc1ccc(C#N)c(Br)c1. The summed E-state index contributed by atoms with van der Waals surface area (Å²) in [6.45, 7) is 5.59. The average Bonchev–Trinajstić information content (AvgIpc) is 2.12. The van der Waals surface area contributed by atoms with E-state index >= 15 is 0 Å². The first-order valence-electron chi connectivity index (χ1n) is 5.33. The minimum Gasteiger partial charge on any atom is -0.283 e. The van der Waals surface area contributed by atoms with Gasteiger partial charge >= 0.3 is 0 Å². The van der Waals surface area contributed by atoms with Crippen LogP contribution in [0, 0.1) is 16.7 Å². The molecule has 18 heavy (non-hydrogen) atoms. The zero-order chi connectivity index (χ0) is 14.0. The van der Waals surface area contributed by atoms with Crippen molar-refractivity contribution >= 4 is 31.6 Å². The summed E-state index contributed by atoms with van der Waals surface area (Å²) in [5.74, 6) is 0.0393. The van der Waals surface area contributed by atoms with Crippen LogP contribution in [0.1, 0.15) is 26.3 Å². The monoisotopic (exact) mass is 330 g/mol. The second kappa shape index (κ2) is 5.29. The van der Waals surface area contributed by atoms with Gasteiger partial charge in [-0.05, 0) is 39.5 Å². The number of nitriles is 1. The molecule has 1 aromatic carbocycles. The van der Waals surface area contributed by atoms with Gasteiger partial charge in [0.15, 0.2) is 0 Å². The van der Waals surface area contributed by atoms with Crippen LogP contribution < -0.4 is 4.72 Å². The summed E-state index contributed by atoms with van der Waals surface area (Å²) in [6.07, 6.45) is 0. The Morgan fingerprint density at radius 3 is 2.44 bits per heavy atom. The van der Waals surface area contributed by atoms with Gasteiger partial charge in [0.2, 0.25) is 10.0 Å². The van der Waals surface area contributed by atoms with Crippen LogP contribution in [-0.4, -0.2) is 14.2 Å². The molecule has 0 aromatic heterocycles. The van der Waals surface area contributed by atoms with Crippen LogP contribution in [0.25, 0.3) is 0 Å². The predicted octanol–water partition coefficient (Wildman–Crippen LogP) is 3.11. The molecule has 0 fully saturated rings. The van der Waals surface area contributed by atoms with Crippen LogP contribution in [0.5, 0.6) is 0 Å². The van der Waals surface area contributed by atoms with Crippen LogP contribution in [0.4, 0.5) is 5.69 Å². The van der Waals surface area contributed by atoms with E-state index in [-0.39, 0.29) is 11.2 Å². The normalized spacial score (nSPS) is 11.9. The molecule has 1 rings (SSSR count). The van der Waals surface area contributed by atoms with Crippen molar-refractivity contribution < 1.29 is 8.42 Å². The smallest absolute Gasteiger partial charge is 0.233 e. The molecule has 1 N–H and O–H groups in total. The predicted molar refractivity (Wildman–Crippen MR) is 75.7 cm³/mol. The molecule has 4 nitrogen and oxygen atoms in total. The highest BCUT2D eigenvalue weighted by Gasteiger charge is 2.21. The summed E-state index contributed by atoms with van der Waals surface area (Å²) in [7, 11) is -3.38. The molecule has 0 saturated carbocycles. The lowest BCUT2D eigenvalue weighted by Crippen LogP contribution is -2.26. The highest BCUT2D eigenvalue weighted by Crippen LogP contribution is 2.23. The lowest BCUT2D eigenvalue weighted by atomic mass is 10.0. The van der Waals surface area contributed by atoms with E-state index in [0.717, 1.165) is 0 Å². The van der Waals surface area contributed by atoms with Crippen molar-refractivity contribution in [3.8, 4) is 6.07 Å². The Bertz CT molecular complexity index is 583. The van der Waals surface area contributed by atoms with Crippen molar-refractivity contribution in [3.05, 3.63) is 28.2 Å². The topological polar surface area (TPSA) is 70.0 Å². The molecule has 0 unspecified atom stereocenters. The average molecular weight is 331 g/mol. The fourth-order valence-corrected chi connectivity index (χ4v) is 3.62. The number of anilines is 1. The molecule has 0 spiro atoms. The molecule has 0 radical (unpaired) electrons. The highest BCUT2D eigenvalue weighted by molar-refractivity contribution is 9.10. The number of benzene rings is 1. The van der Waals surface area contributed by atoms with Crippen molar-refractivity contribution in [1.82, 2.24) is 0 Å². The van der Waals surface area contributed by atoms with Crippen molar-refractivity contribution in [2.24, 2.45) is 5.41 Å². The fourth-order valence-electron chi connectivity index (χ4n) is 1.45. The van der Waals surface area contributed by atoms with Crippen LogP contribution in [-0.2, 0) is 10.0 Å². The number of sulfonamides is 1. The summed E-state index contributed by atoms with van der Waals surface area (Å²) in [5, 5.41) is 8.78. The van der Waals surface area contributed by atoms with Gasteiger partial charge in [0.1, 0.15) is 6.07 Å². The Morgan fingerprint density at radius 1 is 1.39 bits per heavy atom. The van der Waals surface area contributed by atoms with Gasteiger partial charge in [-0.15, -0.1) is 0 Å². The van der Waals surface area contributed by atoms with Crippen molar-refractivity contribution in [3.63, 3.8) is 0 Å². The lowest BCUT2D eigenvalue weighted by Gasteiger charge is -2.18. The van der Waals surface area contributed by atoms with E-state index in [0.29, 0.717) is 15.7 Å². The van der Waals surface area contributed by atoms with Gasteiger partial charge < -0.3 is 0 Å². The number of hydrogen-bond donors (Lipinski definition) is 1. The minimum atomic E-state index is -3.38. The number of rotatable bonds is 3. The van der Waals surface area contributed by atoms with E-state index in [1.165, 1.54) is 0 Å². The molecule has 0 aliphatic rings. The first-order chi connectivity index (χ1) is 8.13. The maximum Gasteiger partial charge on any atom is 0.233 e. The molecule has 0 aliphatic heterocycles. The molecule has 0 aliphatic carbocycles. The van der Waals surface area contributed by atoms with Gasteiger partial charge in [0, 0.05) is 10.2 Å². The minimum absolute atomic E-state index is 0.0393. The van der Waals surface area contributed by atoms with Crippen molar-refractivity contribution in [2.45, 2.75) is 20.8 Å². The van der Waals surface area contributed by atoms with E-state index in [2.05, 4.69) is 20.7 Å². The fraction of sp³-hybridized carbons (Fsp3) is 0.417. The second-order valence-corrected chi connectivity index (χ2v) is 7.80. The van der Waals surface area contributed by atoms with E-state index in [4.69, 9.17) is 5.26 Å². The lowest BCUT2D eigenvalue weighted by molar-refractivity contribution is 0.463. The summed E-state index contributed by atoms with van der Waals surface area (Å²) in [4.78, 5) is 0. The number of halogens is 1. The number of nitrogens with zero attached hydrogens (tertiary/aromatic N) is 1. The van der Waals surface area contributed by atoms with E-state index in [1.54, 1.807) is 18.2 Å². The molecule has 0 amide bonds. The number of hydrogen-bond acceptors (Lipinski definition) is 3. The Hall–Kier alpha value is -1.06. The van der Waals surface area contributed by atoms with Gasteiger partial charge in [-0.1, -0.05) is 20.8 Å². The highest BCUT2D eigenvalue weighted by atomic mass is 79.9. The van der Waals surface area contributed by atoms with Gasteiger partial charge in [-0.25, -0.2) is 8.42 Å². The third-order valence-electron chi connectivity index (χ3n) is 1.99. The molecule has 0 atom stereocenters. The van der Waals surface area contributed by atoms with E-state index < -0.39 is 10.0 Å². The Morgan fingerprint density at radius 2 is 2.00 bits per heavy atom. The molecule has 1 aromatic rings. The van der Waals surface area contributed by atoms with Crippen LogP contribution >= 0.6 is 15.9 Å². The Balaban J connectivity index is 2.93. The van der Waals surface area contributed by atoms with Gasteiger partial charge in [0.25, 0.3) is 0 Å². The third kappa shape index (κ3) is 4.67. The van der Waals surface area contributed by atoms with Crippen LogP contribution in [0.2, 0.25) is 0 Å². The molecule has 6 heteroatoms. The second-order valence-electron chi connectivity index (χ2n) is 5.23. The summed E-state index contributed by atoms with van der Waals surface area (Å²) < 4.78 is 26.8. The summed E-state index contributed by atoms with van der Waals surface area (Å²) >= 11 is 3.22. The van der Waals surface area contributed by atoms with Gasteiger partial charge in [0.05, 0.1) is 11.3 Å². The van der Waals surface area contributed by atoms with Gasteiger partial charge in [-0.3, -0.25) is 4.72 Å². The maximum atomic E-state index is 11.9. The standard InChI is InChI=1S/C12H15BrN2O2S/c1-12(2,3)8-18(16,17)15-10-5-4-9(7-14)11(13)6-10/h4-6,15H,8H2,1-3H3. The summed E-state index contributed by atoms with van der Waals surface area (Å²) in [6, 6.07) is 6.72. The number of nitrogens with one attached hydrogen (secondary N) is 1. The molecular formula is C12H15BrN2O2S. The quantitative estimate of drug-likeness (QED) is 0.925. The first-order valence-corrected chi connectivity index (χ1v) is 7.78. The molecule has 98 valence electrons. The molecular weight excluding hydrogens is 316 g/mol. The first kappa shape index (κ1) is 15.0. The zero-order valence-electron chi connectivity index (χ0n) is 10.5. The van der Waals surface area contributed by atoms with Crippen LogP contribution in [0.15, 0.2) is 22.7 Å². The molecule has 0 bridgehead atoms. The maximum absolute atomic E-state index is 11.9. The zero-order valence-corrected chi connectivity index (χ0v) is 12.9. The Kier molecular flexibility index (Phi) is 4.41. The van der Waals surface area contributed by atoms with Gasteiger partial charge in [-0.2, -0.15) is 5.26 Å². The van der Waals surface area contributed by atoms with Crippen LogP contribution in [0.3, 0.4) is 0 Å². The largest absolute Gasteiger partial charge is 0.283 e. The van der Waals surface area contributed by atoms with Crippen molar-refractivity contribution in [2.75, 3.05) is 10.5 Å². The molecule has 0 saturated heterocycles. The summed E-state index contributed by atoms with van der Waals surface area (Å²) in [5.41, 5.74) is 0.606. The van der Waals surface area contributed by atoms with E-state index in [9.17, 15) is 8.42 Å². The van der Waals surface area contributed by atoms with E-state index in [1.807, 2.05) is 26.8 Å². The molecule has 0 heterocycles. The third-order valence-corrected chi connectivity index (χ3v) is 4.43.